The first kappa shape index (κ1) is 26.7. The van der Waals surface area contributed by atoms with Gasteiger partial charge in [0.1, 0.15) is 5.92 Å². The van der Waals surface area contributed by atoms with Gasteiger partial charge in [0.15, 0.2) is 0 Å². The van der Waals surface area contributed by atoms with Crippen LogP contribution in [0.5, 0.6) is 0 Å². The molecule has 2 amide bonds. The predicted octanol–water partition coefficient (Wildman–Crippen LogP) is 6.94. The Hall–Kier alpha value is -3.38. The van der Waals surface area contributed by atoms with Crippen molar-refractivity contribution in [1.29, 1.82) is 5.26 Å². The third-order valence-corrected chi connectivity index (χ3v) is 8.42. The topological polar surface area (TPSA) is 94.4 Å². The summed E-state index contributed by atoms with van der Waals surface area (Å²) in [5.41, 5.74) is 4.17. The highest BCUT2D eigenvalue weighted by Gasteiger charge is 2.39. The van der Waals surface area contributed by atoms with Crippen molar-refractivity contribution >= 4 is 62.9 Å². The number of para-hydroxylation sites is 1. The molecule has 6 nitrogen and oxygen atoms in total. The molecule has 2 atom stereocenters. The summed E-state index contributed by atoms with van der Waals surface area (Å²) in [6.07, 6.45) is 0. The van der Waals surface area contributed by atoms with E-state index >= 15 is 0 Å². The van der Waals surface area contributed by atoms with Gasteiger partial charge in [0.2, 0.25) is 5.91 Å². The first-order chi connectivity index (χ1) is 17.8. The van der Waals surface area contributed by atoms with E-state index in [1.54, 1.807) is 19.1 Å². The molecule has 2 N–H and O–H groups in total. The molecule has 1 aliphatic heterocycles. The number of amides is 2. The Morgan fingerprint density at radius 3 is 2.54 bits per heavy atom. The number of hydrogen-bond donors (Lipinski definition) is 2. The molecule has 1 aliphatic rings. The van der Waals surface area contributed by atoms with Gasteiger partial charge in [0, 0.05) is 38.5 Å². The lowest BCUT2D eigenvalue weighted by molar-refractivity contribution is -0.114. The summed E-state index contributed by atoms with van der Waals surface area (Å²) >= 11 is 8.87. The van der Waals surface area contributed by atoms with Crippen LogP contribution in [-0.2, 0) is 9.59 Å². The van der Waals surface area contributed by atoms with Gasteiger partial charge < -0.3 is 10.6 Å². The van der Waals surface area contributed by atoms with E-state index in [2.05, 4.69) is 21.7 Å². The molecule has 188 valence electrons. The van der Waals surface area contributed by atoms with Crippen LogP contribution in [0.1, 0.15) is 28.8 Å². The first-order valence-corrected chi connectivity index (χ1v) is 13.8. The van der Waals surface area contributed by atoms with E-state index in [1.165, 1.54) is 23.1 Å². The molecule has 0 radical (unpaired) electrons. The van der Waals surface area contributed by atoms with Crippen LogP contribution in [0.15, 0.2) is 76.2 Å². The van der Waals surface area contributed by atoms with Crippen LogP contribution in [0, 0.1) is 31.1 Å². The van der Waals surface area contributed by atoms with Crippen LogP contribution in [-0.4, -0.2) is 22.6 Å². The minimum absolute atomic E-state index is 0.0672. The molecule has 0 saturated carbocycles. The maximum absolute atomic E-state index is 13.5. The normalized spacial score (nSPS) is 17.1. The van der Waals surface area contributed by atoms with Crippen molar-refractivity contribution in [2.75, 3.05) is 16.4 Å². The van der Waals surface area contributed by atoms with Crippen LogP contribution >= 0.6 is 34.7 Å². The minimum atomic E-state index is -0.702. The van der Waals surface area contributed by atoms with Gasteiger partial charge in [0.25, 0.3) is 5.91 Å². The van der Waals surface area contributed by atoms with Crippen LogP contribution in [0.4, 0.5) is 11.4 Å². The van der Waals surface area contributed by atoms with Gasteiger partial charge in [-0.2, -0.15) is 5.26 Å². The quantitative estimate of drug-likeness (QED) is 0.349. The van der Waals surface area contributed by atoms with Crippen LogP contribution < -0.4 is 10.6 Å². The number of hydrogen-bond acceptors (Lipinski definition) is 6. The van der Waals surface area contributed by atoms with E-state index in [0.29, 0.717) is 32.7 Å². The number of nitrogens with one attached hydrogen (secondary N) is 2. The molecule has 9 heteroatoms. The minimum Gasteiger partial charge on any atom is -0.325 e. The molecule has 0 bridgehead atoms. The zero-order valence-electron chi connectivity index (χ0n) is 20.5. The Morgan fingerprint density at radius 1 is 1.08 bits per heavy atom. The standard InChI is InChI=1S/C28H25ClN4O2S2/c1-16-10-11-19(13-21(16)29)32-24(34)15-37-28-20(14-30)26(23-9-6-12-36-23)25(18(3)31-28)27(35)33-22-8-5-4-7-17(22)2/h4-13,20,26H,15H2,1-3H3,(H,32,34)(H,33,35). The Labute approximate surface area is 229 Å². The van der Waals surface area contributed by atoms with E-state index in [-0.39, 0.29) is 17.6 Å². The van der Waals surface area contributed by atoms with E-state index in [9.17, 15) is 14.9 Å². The predicted molar refractivity (Wildman–Crippen MR) is 153 cm³/mol. The van der Waals surface area contributed by atoms with E-state index < -0.39 is 11.8 Å². The fraction of sp³-hybridized carbons (Fsp3) is 0.214. The van der Waals surface area contributed by atoms with Crippen LogP contribution in [0.3, 0.4) is 0 Å². The van der Waals surface area contributed by atoms with Crippen molar-refractivity contribution in [3.63, 3.8) is 0 Å². The number of halogens is 1. The molecule has 37 heavy (non-hydrogen) atoms. The van der Waals surface area contributed by atoms with Crippen molar-refractivity contribution < 1.29 is 9.59 Å². The van der Waals surface area contributed by atoms with Gasteiger partial charge in [0.05, 0.1) is 16.9 Å². The van der Waals surface area contributed by atoms with Gasteiger partial charge in [-0.05, 0) is 61.5 Å². The number of nitriles is 1. The average Bonchev–Trinajstić information content (AvgIpc) is 3.40. The number of carbonyl (C=O) groups is 2. The number of benzene rings is 2. The summed E-state index contributed by atoms with van der Waals surface area (Å²) in [5.74, 6) is -1.65. The number of rotatable bonds is 6. The molecule has 4 rings (SSSR count). The Morgan fingerprint density at radius 2 is 1.86 bits per heavy atom. The smallest absolute Gasteiger partial charge is 0.254 e. The molecule has 0 aliphatic carbocycles. The molecule has 2 unspecified atom stereocenters. The average molecular weight is 549 g/mol. The highest BCUT2D eigenvalue weighted by Crippen LogP contribution is 2.43. The van der Waals surface area contributed by atoms with Crippen molar-refractivity contribution in [3.8, 4) is 6.07 Å². The number of thioether (sulfide) groups is 1. The number of carbonyl (C=O) groups excluding carboxylic acids is 2. The second-order valence-electron chi connectivity index (χ2n) is 8.62. The Balaban J connectivity index is 1.59. The largest absolute Gasteiger partial charge is 0.325 e. The fourth-order valence-electron chi connectivity index (χ4n) is 4.07. The monoisotopic (exact) mass is 548 g/mol. The van der Waals surface area contributed by atoms with Gasteiger partial charge in [-0.15, -0.1) is 11.3 Å². The van der Waals surface area contributed by atoms with Gasteiger partial charge in [-0.3, -0.25) is 9.59 Å². The SMILES string of the molecule is CC1=C(C(=O)Nc2ccccc2C)C(c2cccs2)C(C#N)C(SCC(=O)Nc2ccc(C)c(Cl)c2)=N1. The van der Waals surface area contributed by atoms with Crippen molar-refractivity contribution in [3.05, 3.63) is 92.3 Å². The summed E-state index contributed by atoms with van der Waals surface area (Å²) in [5, 5.41) is 19.0. The highest BCUT2D eigenvalue weighted by molar-refractivity contribution is 8.14. The summed E-state index contributed by atoms with van der Waals surface area (Å²) in [7, 11) is 0. The lowest BCUT2D eigenvalue weighted by atomic mass is 9.82. The molecule has 0 saturated heterocycles. The maximum atomic E-state index is 13.5. The van der Waals surface area contributed by atoms with Gasteiger partial charge in [-0.1, -0.05) is 53.7 Å². The molecule has 0 spiro atoms. The summed E-state index contributed by atoms with van der Waals surface area (Å²) in [6.45, 7) is 5.59. The molecule has 0 fully saturated rings. The molecular weight excluding hydrogens is 524 g/mol. The Kier molecular flexibility index (Phi) is 8.49. The first-order valence-electron chi connectivity index (χ1n) is 11.6. The molecule has 2 heterocycles. The zero-order chi connectivity index (χ0) is 26.5. The second-order valence-corrected chi connectivity index (χ2v) is 11.0. The summed E-state index contributed by atoms with van der Waals surface area (Å²) in [4.78, 5) is 31.7. The number of anilines is 2. The fourth-order valence-corrected chi connectivity index (χ4v) is 6.04. The number of allylic oxidation sites excluding steroid dienone is 1. The highest BCUT2D eigenvalue weighted by atomic mass is 35.5. The lowest BCUT2D eigenvalue weighted by Crippen LogP contribution is -2.31. The summed E-state index contributed by atoms with van der Waals surface area (Å²) in [6, 6.07) is 19.1. The Bertz CT molecular complexity index is 1440. The number of aliphatic imine (C=N–C) groups is 1. The van der Waals surface area contributed by atoms with Crippen LogP contribution in [0.2, 0.25) is 5.02 Å². The van der Waals surface area contributed by atoms with E-state index in [4.69, 9.17) is 11.6 Å². The van der Waals surface area contributed by atoms with Gasteiger partial charge >= 0.3 is 0 Å². The van der Waals surface area contributed by atoms with Crippen molar-refractivity contribution in [2.24, 2.45) is 10.9 Å². The molecule has 2 aromatic carbocycles. The van der Waals surface area contributed by atoms with Crippen molar-refractivity contribution in [2.45, 2.75) is 26.7 Å². The third-order valence-electron chi connectivity index (χ3n) is 6.01. The molecule has 1 aromatic heterocycles. The van der Waals surface area contributed by atoms with E-state index in [0.717, 1.165) is 16.0 Å². The second kappa shape index (κ2) is 11.8. The number of thiophene rings is 1. The summed E-state index contributed by atoms with van der Waals surface area (Å²) < 4.78 is 0. The van der Waals surface area contributed by atoms with Gasteiger partial charge in [-0.25, -0.2) is 4.99 Å². The van der Waals surface area contributed by atoms with E-state index in [1.807, 2.05) is 61.7 Å². The maximum Gasteiger partial charge on any atom is 0.254 e. The third kappa shape index (κ3) is 6.13. The lowest BCUT2D eigenvalue weighted by Gasteiger charge is -2.29. The number of aryl methyl sites for hydroxylation is 2. The number of nitrogens with zero attached hydrogens (tertiary/aromatic N) is 2. The zero-order valence-corrected chi connectivity index (χ0v) is 22.9. The van der Waals surface area contributed by atoms with Crippen molar-refractivity contribution in [1.82, 2.24) is 0 Å². The molecule has 3 aromatic rings. The molecular formula is C28H25ClN4O2S2. The van der Waals surface area contributed by atoms with Crippen LogP contribution in [0.25, 0.3) is 0 Å².